The van der Waals surface area contributed by atoms with Gasteiger partial charge in [0.1, 0.15) is 6.61 Å². The minimum Gasteiger partial charge on any atom is -0.493 e. The molecule has 0 aromatic heterocycles. The molecule has 2 aliphatic rings. The van der Waals surface area contributed by atoms with Gasteiger partial charge in [0.15, 0.2) is 11.5 Å². The molecule has 222 valence electrons. The van der Waals surface area contributed by atoms with E-state index in [2.05, 4.69) is 43.0 Å². The molecule has 2 aromatic carbocycles. The van der Waals surface area contributed by atoms with Crippen LogP contribution in [0, 0.1) is 0 Å². The van der Waals surface area contributed by atoms with Crippen LogP contribution in [-0.2, 0) is 11.3 Å². The molecule has 0 atom stereocenters. The number of nitrogens with one attached hydrogen (secondary N) is 1. The van der Waals surface area contributed by atoms with Crippen LogP contribution in [0.25, 0.3) is 0 Å². The van der Waals surface area contributed by atoms with Gasteiger partial charge in [-0.05, 0) is 89.3 Å². The Kier molecular flexibility index (Phi) is 10.9. The zero-order chi connectivity index (χ0) is 29.4. The van der Waals surface area contributed by atoms with Gasteiger partial charge >= 0.3 is 11.3 Å². The third-order valence-electron chi connectivity index (χ3n) is 7.32. The highest BCUT2D eigenvalue weighted by Gasteiger charge is 2.24. The molecule has 1 heterocycles. The van der Waals surface area contributed by atoms with Crippen LogP contribution in [-0.4, -0.2) is 71.2 Å². The van der Waals surface area contributed by atoms with Gasteiger partial charge in [0.25, 0.3) is 0 Å². The van der Waals surface area contributed by atoms with Crippen molar-refractivity contribution in [3.63, 3.8) is 0 Å². The number of amides is 2. The molecular formula is C31H42N4O5S. The standard InChI is InChI=1S/C31H42N4O5S/c1-21(2)34(22(3)4)16-17-39-30(36)32-25-13-10-23(11-14-25)19-35-31(37)41-20-27(33-35)24-12-15-28(38-5)29(18-24)40-26-8-6-7-9-26/h10-15,18,21-22,26H,6-9,16-17,19-20H2,1-5H3,(H,32,36). The van der Waals surface area contributed by atoms with Crippen molar-refractivity contribution in [3.05, 3.63) is 53.6 Å². The smallest absolute Gasteiger partial charge is 0.411 e. The van der Waals surface area contributed by atoms with E-state index in [0.717, 1.165) is 29.7 Å². The third-order valence-corrected chi connectivity index (χ3v) is 8.19. The fraction of sp³-hybridized carbons (Fsp3) is 0.516. The summed E-state index contributed by atoms with van der Waals surface area (Å²) in [5.74, 6) is 1.90. The van der Waals surface area contributed by atoms with Gasteiger partial charge in [0.05, 0.1) is 25.5 Å². The van der Waals surface area contributed by atoms with Gasteiger partial charge in [-0.25, -0.2) is 9.80 Å². The molecule has 1 saturated carbocycles. The predicted octanol–water partition coefficient (Wildman–Crippen LogP) is 6.76. The lowest BCUT2D eigenvalue weighted by Gasteiger charge is -2.30. The lowest BCUT2D eigenvalue weighted by atomic mass is 10.1. The minimum atomic E-state index is -0.488. The zero-order valence-corrected chi connectivity index (χ0v) is 25.5. The van der Waals surface area contributed by atoms with E-state index in [1.165, 1.54) is 29.6 Å². The number of rotatable bonds is 12. The number of hydrazone groups is 1. The van der Waals surface area contributed by atoms with Crippen molar-refractivity contribution < 1.29 is 23.8 Å². The number of ether oxygens (including phenoxy) is 3. The molecule has 1 N–H and O–H groups in total. The van der Waals surface area contributed by atoms with Crippen molar-refractivity contribution in [3.8, 4) is 11.5 Å². The second-order valence-electron chi connectivity index (χ2n) is 10.9. The first-order chi connectivity index (χ1) is 19.7. The molecule has 2 amide bonds. The van der Waals surface area contributed by atoms with Crippen LogP contribution in [0.2, 0.25) is 0 Å². The number of anilines is 1. The van der Waals surface area contributed by atoms with Gasteiger partial charge in [-0.2, -0.15) is 5.10 Å². The van der Waals surface area contributed by atoms with Crippen molar-refractivity contribution in [2.45, 2.75) is 78.1 Å². The van der Waals surface area contributed by atoms with Crippen LogP contribution >= 0.6 is 11.8 Å². The normalized spacial score (nSPS) is 16.0. The Morgan fingerprint density at radius 3 is 2.44 bits per heavy atom. The van der Waals surface area contributed by atoms with E-state index in [9.17, 15) is 9.59 Å². The first kappa shape index (κ1) is 30.7. The fourth-order valence-corrected chi connectivity index (χ4v) is 5.91. The molecule has 1 aliphatic carbocycles. The van der Waals surface area contributed by atoms with E-state index in [0.29, 0.717) is 54.7 Å². The quantitative estimate of drug-likeness (QED) is 0.296. The minimum absolute atomic E-state index is 0.104. The molecule has 10 heteroatoms. The number of carbonyl (C=O) groups excluding carboxylic acids is 2. The highest BCUT2D eigenvalue weighted by molar-refractivity contribution is 8.14. The van der Waals surface area contributed by atoms with E-state index < -0.39 is 6.09 Å². The fourth-order valence-electron chi connectivity index (χ4n) is 5.17. The summed E-state index contributed by atoms with van der Waals surface area (Å²) < 4.78 is 17.2. The highest BCUT2D eigenvalue weighted by Crippen LogP contribution is 2.33. The molecule has 2 aromatic rings. The van der Waals surface area contributed by atoms with E-state index >= 15 is 0 Å². The van der Waals surface area contributed by atoms with E-state index in [4.69, 9.17) is 14.2 Å². The Labute approximate surface area is 247 Å². The van der Waals surface area contributed by atoms with Gasteiger partial charge in [-0.3, -0.25) is 15.0 Å². The number of nitrogens with zero attached hydrogens (tertiary/aromatic N) is 3. The third kappa shape index (κ3) is 8.63. The topological polar surface area (TPSA) is 92.7 Å². The van der Waals surface area contributed by atoms with Crippen molar-refractivity contribution in [1.82, 2.24) is 9.91 Å². The van der Waals surface area contributed by atoms with Gasteiger partial charge in [-0.15, -0.1) is 0 Å². The highest BCUT2D eigenvalue weighted by atomic mass is 32.2. The maximum absolute atomic E-state index is 12.7. The van der Waals surface area contributed by atoms with E-state index in [1.807, 2.05) is 30.3 Å². The summed E-state index contributed by atoms with van der Waals surface area (Å²) in [6, 6.07) is 13.9. The van der Waals surface area contributed by atoms with Crippen LogP contribution in [0.1, 0.15) is 64.5 Å². The maximum Gasteiger partial charge on any atom is 0.411 e. The van der Waals surface area contributed by atoms with Crippen molar-refractivity contribution in [2.75, 3.05) is 31.3 Å². The molecule has 0 saturated heterocycles. The zero-order valence-electron chi connectivity index (χ0n) is 24.7. The van der Waals surface area contributed by atoms with Gasteiger partial charge in [-0.1, -0.05) is 23.9 Å². The van der Waals surface area contributed by atoms with Crippen LogP contribution < -0.4 is 14.8 Å². The van der Waals surface area contributed by atoms with Crippen molar-refractivity contribution >= 4 is 34.5 Å². The van der Waals surface area contributed by atoms with Crippen LogP contribution in [0.4, 0.5) is 15.3 Å². The molecule has 0 radical (unpaired) electrons. The molecule has 0 spiro atoms. The first-order valence-corrected chi connectivity index (χ1v) is 15.4. The van der Waals surface area contributed by atoms with Crippen LogP contribution in [0.5, 0.6) is 11.5 Å². The van der Waals surface area contributed by atoms with Crippen LogP contribution in [0.15, 0.2) is 47.6 Å². The summed E-state index contributed by atoms with van der Waals surface area (Å²) in [7, 11) is 1.64. The average molecular weight is 583 g/mol. The average Bonchev–Trinajstić information content (AvgIpc) is 3.46. The Bertz CT molecular complexity index is 1200. The van der Waals surface area contributed by atoms with Crippen LogP contribution in [0.3, 0.4) is 0 Å². The van der Waals surface area contributed by atoms with Gasteiger partial charge in [0, 0.05) is 35.6 Å². The Balaban J connectivity index is 1.35. The molecule has 0 unspecified atom stereocenters. The van der Waals surface area contributed by atoms with Crippen molar-refractivity contribution in [1.29, 1.82) is 0 Å². The maximum atomic E-state index is 12.7. The monoisotopic (exact) mass is 582 g/mol. The van der Waals surface area contributed by atoms with E-state index in [1.54, 1.807) is 19.2 Å². The van der Waals surface area contributed by atoms with Gasteiger partial charge in [0.2, 0.25) is 0 Å². The number of methoxy groups -OCH3 is 1. The summed E-state index contributed by atoms with van der Waals surface area (Å²) >= 11 is 1.23. The van der Waals surface area contributed by atoms with Gasteiger partial charge < -0.3 is 14.2 Å². The molecule has 1 fully saturated rings. The molecule has 9 nitrogen and oxygen atoms in total. The molecule has 1 aliphatic heterocycles. The lowest BCUT2D eigenvalue weighted by molar-refractivity contribution is 0.111. The Morgan fingerprint density at radius 1 is 1.07 bits per heavy atom. The lowest BCUT2D eigenvalue weighted by Crippen LogP contribution is -2.39. The molecule has 4 rings (SSSR count). The summed E-state index contributed by atoms with van der Waals surface area (Å²) in [5, 5.41) is 8.84. The van der Waals surface area contributed by atoms with E-state index in [-0.39, 0.29) is 11.3 Å². The summed E-state index contributed by atoms with van der Waals surface area (Å²) in [5.41, 5.74) is 3.24. The molecule has 41 heavy (non-hydrogen) atoms. The second kappa shape index (κ2) is 14.6. The summed E-state index contributed by atoms with van der Waals surface area (Å²) in [6.45, 7) is 9.84. The number of hydrogen-bond donors (Lipinski definition) is 1. The summed E-state index contributed by atoms with van der Waals surface area (Å²) in [4.78, 5) is 27.2. The second-order valence-corrected chi connectivity index (χ2v) is 11.9. The predicted molar refractivity (Wildman–Crippen MR) is 164 cm³/mol. The number of hydrogen-bond acceptors (Lipinski definition) is 8. The first-order valence-electron chi connectivity index (χ1n) is 14.4. The number of benzene rings is 2. The largest absolute Gasteiger partial charge is 0.493 e. The summed E-state index contributed by atoms with van der Waals surface area (Å²) in [6.07, 6.45) is 4.19. The number of thioether (sulfide) groups is 1. The van der Waals surface area contributed by atoms with Crippen molar-refractivity contribution in [2.24, 2.45) is 5.10 Å². The molecular weight excluding hydrogens is 540 g/mol. The Morgan fingerprint density at radius 2 is 1.78 bits per heavy atom. The SMILES string of the molecule is COc1ccc(C2=NN(Cc3ccc(NC(=O)OCCN(C(C)C)C(C)C)cc3)C(=O)SC2)cc1OC1CCCC1. The number of carbonyl (C=O) groups is 2. The Hall–Kier alpha value is -3.24. The molecule has 0 bridgehead atoms.